The molecule has 1 fully saturated rings. The summed E-state index contributed by atoms with van der Waals surface area (Å²) in [6.07, 6.45) is 2.19. The highest BCUT2D eigenvalue weighted by Crippen LogP contribution is 2.19. The first-order valence-electron chi connectivity index (χ1n) is 13.5. The van der Waals surface area contributed by atoms with Crippen LogP contribution >= 0.6 is 0 Å². The fraction of sp³-hybridized carbons (Fsp3) is 0.519. The second kappa shape index (κ2) is 13.4. The maximum absolute atomic E-state index is 13.4. The number of anilines is 1. The predicted molar refractivity (Wildman–Crippen MR) is 148 cm³/mol. The number of hydrogen-bond acceptors (Lipinski definition) is 10. The van der Waals surface area contributed by atoms with Crippen molar-refractivity contribution < 1.29 is 24.2 Å². The quantitative estimate of drug-likeness (QED) is 0.174. The van der Waals surface area contributed by atoms with E-state index in [-0.39, 0.29) is 42.4 Å². The molecule has 13 nitrogen and oxygen atoms in total. The van der Waals surface area contributed by atoms with Gasteiger partial charge in [-0.1, -0.05) is 37.6 Å². The highest BCUT2D eigenvalue weighted by molar-refractivity contribution is 5.83. The van der Waals surface area contributed by atoms with Crippen molar-refractivity contribution >= 4 is 28.9 Å². The van der Waals surface area contributed by atoms with E-state index in [0.29, 0.717) is 50.2 Å². The van der Waals surface area contributed by atoms with Crippen LogP contribution in [0.15, 0.2) is 29.1 Å². The Morgan fingerprint density at radius 2 is 1.95 bits per heavy atom. The van der Waals surface area contributed by atoms with Crippen LogP contribution in [0.5, 0.6) is 6.01 Å². The second-order valence-electron chi connectivity index (χ2n) is 9.91. The highest BCUT2D eigenvalue weighted by Gasteiger charge is 2.31. The summed E-state index contributed by atoms with van der Waals surface area (Å²) in [6.45, 7) is 3.83. The summed E-state index contributed by atoms with van der Waals surface area (Å²) in [5.74, 6) is -0.320. The molecular formula is C27H37N7O6. The third kappa shape index (κ3) is 7.16. The molecule has 2 aromatic heterocycles. The summed E-state index contributed by atoms with van der Waals surface area (Å²) >= 11 is 0. The molecule has 5 N–H and O–H groups in total. The maximum Gasteiger partial charge on any atom is 0.327 e. The molecule has 2 atom stereocenters. The van der Waals surface area contributed by atoms with Crippen molar-refractivity contribution in [1.29, 1.82) is 0 Å². The number of nitrogens with zero attached hydrogens (tertiary/aromatic N) is 4. The number of β-amino-alcohol motifs (C(OH)–C–C–N with tert-alkyl or cyclic N) is 1. The fourth-order valence-electron chi connectivity index (χ4n) is 4.64. The van der Waals surface area contributed by atoms with E-state index in [0.717, 1.165) is 24.0 Å². The van der Waals surface area contributed by atoms with Gasteiger partial charge in [-0.2, -0.15) is 9.97 Å². The van der Waals surface area contributed by atoms with Gasteiger partial charge >= 0.3 is 17.7 Å². The van der Waals surface area contributed by atoms with Gasteiger partial charge in [0, 0.05) is 26.2 Å². The number of aliphatic hydroxyl groups excluding tert-OH is 1. The number of benzene rings is 1. The number of esters is 1. The second-order valence-corrected chi connectivity index (χ2v) is 9.91. The van der Waals surface area contributed by atoms with E-state index in [2.05, 4.69) is 20.3 Å². The Morgan fingerprint density at radius 1 is 1.20 bits per heavy atom. The number of H-pyrrole nitrogens is 1. The number of fused-ring (bicyclic) bond motifs is 1. The number of aromatic amines is 1. The number of methoxy groups -OCH3 is 1. The number of carbonyl (C=O) groups excluding carboxylic acids is 2. The number of rotatable bonds is 13. The van der Waals surface area contributed by atoms with Gasteiger partial charge in [-0.05, 0) is 30.4 Å². The molecular weight excluding hydrogens is 518 g/mol. The van der Waals surface area contributed by atoms with Gasteiger partial charge in [0.2, 0.25) is 5.91 Å². The zero-order valence-corrected chi connectivity index (χ0v) is 22.9. The van der Waals surface area contributed by atoms with Crippen LogP contribution in [0.25, 0.3) is 11.2 Å². The number of nitrogens with two attached hydrogens (primary N) is 1. The molecule has 0 bridgehead atoms. The number of amides is 1. The van der Waals surface area contributed by atoms with Gasteiger partial charge in [0.25, 0.3) is 0 Å². The first kappa shape index (κ1) is 29.0. The zero-order chi connectivity index (χ0) is 28.6. The molecule has 4 rings (SSSR count). The Hall–Kier alpha value is -3.97. The predicted octanol–water partition coefficient (Wildman–Crippen LogP) is 0.738. The van der Waals surface area contributed by atoms with Crippen LogP contribution < -0.4 is 21.5 Å². The third-order valence-corrected chi connectivity index (χ3v) is 6.86. The number of aliphatic hydroxyl groups is 1. The number of aromatic nitrogens is 4. The van der Waals surface area contributed by atoms with Crippen LogP contribution in [0.2, 0.25) is 0 Å². The first-order chi connectivity index (χ1) is 19.3. The van der Waals surface area contributed by atoms with Crippen molar-refractivity contribution in [2.24, 2.45) is 0 Å². The summed E-state index contributed by atoms with van der Waals surface area (Å²) < 4.78 is 11.8. The average molecular weight is 556 g/mol. The van der Waals surface area contributed by atoms with Crippen molar-refractivity contribution in [2.45, 2.75) is 64.3 Å². The molecule has 0 unspecified atom stereocenters. The van der Waals surface area contributed by atoms with Crippen molar-refractivity contribution in [2.75, 3.05) is 32.5 Å². The molecule has 216 valence electrons. The van der Waals surface area contributed by atoms with Crippen LogP contribution in [-0.4, -0.2) is 80.4 Å². The SMILES string of the molecule is CCCCOc1nc(N)c2[nH]c(=O)n(CCCN(Cc3ccc(CC(=O)OC)cc3)C(=O)[C@@H]3C[C@@H](O)CN3)c2n1. The Balaban J connectivity index is 1.48. The lowest BCUT2D eigenvalue weighted by Gasteiger charge is -2.26. The lowest BCUT2D eigenvalue weighted by atomic mass is 10.1. The summed E-state index contributed by atoms with van der Waals surface area (Å²) in [7, 11) is 1.35. The molecule has 1 aliphatic heterocycles. The number of hydrogen-bond donors (Lipinski definition) is 4. The minimum absolute atomic E-state index is 0.115. The van der Waals surface area contributed by atoms with E-state index in [1.807, 2.05) is 31.2 Å². The normalized spacial score (nSPS) is 16.8. The number of aryl methyl sites for hydroxylation is 1. The lowest BCUT2D eigenvalue weighted by molar-refractivity contribution is -0.139. The molecule has 3 heterocycles. The lowest BCUT2D eigenvalue weighted by Crippen LogP contribution is -2.44. The smallest absolute Gasteiger partial charge is 0.327 e. The molecule has 0 radical (unpaired) electrons. The standard InChI is InChI=1S/C27H37N7O6/c1-3-4-12-40-26-31-23(28)22-24(32-26)34(27(38)30-22)11-5-10-33(25(37)20-14-19(35)15-29-20)16-18-8-6-17(7-9-18)13-21(36)39-2/h6-9,19-20,29,35H,3-5,10-16H2,1-2H3,(H,30,38)(H2,28,31,32)/t19-,20+/m1/s1. The van der Waals surface area contributed by atoms with Gasteiger partial charge in [0.15, 0.2) is 11.5 Å². The Morgan fingerprint density at radius 3 is 2.62 bits per heavy atom. The third-order valence-electron chi connectivity index (χ3n) is 6.86. The number of nitrogens with one attached hydrogen (secondary N) is 2. The minimum atomic E-state index is -0.572. The van der Waals surface area contributed by atoms with E-state index >= 15 is 0 Å². The van der Waals surface area contributed by atoms with E-state index in [9.17, 15) is 19.5 Å². The van der Waals surface area contributed by atoms with Gasteiger partial charge in [0.05, 0.1) is 32.3 Å². The van der Waals surface area contributed by atoms with Gasteiger partial charge < -0.3 is 35.5 Å². The Labute approximate surface area is 231 Å². The number of carbonyl (C=O) groups is 2. The van der Waals surface area contributed by atoms with Crippen LogP contribution in [0.1, 0.15) is 43.7 Å². The van der Waals surface area contributed by atoms with Crippen LogP contribution in [0.4, 0.5) is 5.82 Å². The van der Waals surface area contributed by atoms with Crippen molar-refractivity contribution in [3.8, 4) is 6.01 Å². The number of imidazole rings is 1. The van der Waals surface area contributed by atoms with E-state index in [1.165, 1.54) is 11.7 Å². The van der Waals surface area contributed by atoms with E-state index in [1.54, 1.807) is 4.90 Å². The molecule has 1 amide bonds. The van der Waals surface area contributed by atoms with Crippen molar-refractivity contribution in [3.05, 3.63) is 45.9 Å². The van der Waals surface area contributed by atoms with Gasteiger partial charge in [-0.25, -0.2) is 4.79 Å². The Bertz CT molecular complexity index is 1370. The Kier molecular flexibility index (Phi) is 9.72. The molecule has 1 aromatic carbocycles. The molecule has 40 heavy (non-hydrogen) atoms. The number of nitrogen functional groups attached to an aromatic ring is 1. The minimum Gasteiger partial charge on any atom is -0.469 e. The molecule has 0 aliphatic carbocycles. The maximum atomic E-state index is 13.4. The van der Waals surface area contributed by atoms with Gasteiger partial charge in [-0.15, -0.1) is 0 Å². The van der Waals surface area contributed by atoms with E-state index in [4.69, 9.17) is 15.2 Å². The monoisotopic (exact) mass is 555 g/mol. The molecule has 1 saturated heterocycles. The fourth-order valence-corrected chi connectivity index (χ4v) is 4.64. The van der Waals surface area contributed by atoms with Crippen LogP contribution in [0, 0.1) is 0 Å². The number of unbranched alkanes of at least 4 members (excludes halogenated alkanes) is 1. The summed E-state index contributed by atoms with van der Waals surface area (Å²) in [4.78, 5) is 50.7. The van der Waals surface area contributed by atoms with Gasteiger partial charge in [0.1, 0.15) is 5.52 Å². The van der Waals surface area contributed by atoms with Gasteiger partial charge in [-0.3, -0.25) is 14.2 Å². The molecule has 0 spiro atoms. The highest BCUT2D eigenvalue weighted by atomic mass is 16.5. The first-order valence-corrected chi connectivity index (χ1v) is 13.5. The largest absolute Gasteiger partial charge is 0.469 e. The summed E-state index contributed by atoms with van der Waals surface area (Å²) in [5.41, 5.74) is 8.07. The van der Waals surface area contributed by atoms with Crippen LogP contribution in [-0.2, 0) is 33.8 Å². The topological polar surface area (TPSA) is 178 Å². The molecule has 13 heteroatoms. The summed E-state index contributed by atoms with van der Waals surface area (Å²) in [6, 6.07) is 7.05. The van der Waals surface area contributed by atoms with Crippen molar-refractivity contribution in [3.63, 3.8) is 0 Å². The molecule has 1 aliphatic rings. The summed E-state index contributed by atoms with van der Waals surface area (Å²) in [5, 5.41) is 13.0. The van der Waals surface area contributed by atoms with Crippen LogP contribution in [0.3, 0.4) is 0 Å². The zero-order valence-electron chi connectivity index (χ0n) is 22.9. The molecule has 0 saturated carbocycles. The number of ether oxygens (including phenoxy) is 2. The van der Waals surface area contributed by atoms with Crippen molar-refractivity contribution in [1.82, 2.24) is 29.7 Å². The average Bonchev–Trinajstić information content (AvgIpc) is 3.52. The molecule has 3 aromatic rings. The van der Waals surface area contributed by atoms with E-state index < -0.39 is 12.1 Å².